The number of fused-ring (bicyclic) bond motifs is 3. The second-order valence-corrected chi connectivity index (χ2v) is 6.50. The number of benzene rings is 2. The summed E-state index contributed by atoms with van der Waals surface area (Å²) in [4.78, 5) is 19.5. The van der Waals surface area contributed by atoms with Crippen LogP contribution >= 0.6 is 0 Å². The highest BCUT2D eigenvalue weighted by molar-refractivity contribution is 6.03. The Hall–Kier alpha value is -3.94. The van der Waals surface area contributed by atoms with E-state index in [9.17, 15) is 8.78 Å². The minimum Gasteiger partial charge on any atom is -0.424 e. The lowest BCUT2D eigenvalue weighted by Crippen LogP contribution is -1.95. The molecule has 1 N–H and O–H groups in total. The third kappa shape index (κ3) is 3.04. The zero-order valence-corrected chi connectivity index (χ0v) is 15.1. The van der Waals surface area contributed by atoms with Crippen LogP contribution in [0.1, 0.15) is 5.69 Å². The first-order chi connectivity index (χ1) is 14.1. The molecule has 2 aromatic carbocycles. The molecule has 0 amide bonds. The van der Waals surface area contributed by atoms with Gasteiger partial charge in [-0.3, -0.25) is 4.98 Å². The normalized spacial score (nSPS) is 11.3. The van der Waals surface area contributed by atoms with Gasteiger partial charge in [0.1, 0.15) is 17.4 Å². The van der Waals surface area contributed by atoms with Crippen LogP contribution in [-0.2, 0) is 0 Å². The van der Waals surface area contributed by atoms with Crippen molar-refractivity contribution >= 4 is 21.9 Å². The first-order valence-electron chi connectivity index (χ1n) is 8.77. The van der Waals surface area contributed by atoms with Gasteiger partial charge in [0.2, 0.25) is 0 Å². The van der Waals surface area contributed by atoms with Crippen molar-refractivity contribution in [2.75, 3.05) is 0 Å². The van der Waals surface area contributed by atoms with Gasteiger partial charge in [0, 0.05) is 40.5 Å². The zero-order chi connectivity index (χ0) is 20.0. The molecule has 5 rings (SSSR count). The van der Waals surface area contributed by atoms with E-state index in [1.165, 1.54) is 24.5 Å². The number of ether oxygens (including phenoxy) is 1. The molecule has 29 heavy (non-hydrogen) atoms. The van der Waals surface area contributed by atoms with E-state index in [1.807, 2.05) is 0 Å². The zero-order valence-electron chi connectivity index (χ0n) is 15.1. The molecule has 0 aliphatic rings. The number of halogens is 2. The van der Waals surface area contributed by atoms with Gasteiger partial charge in [0.05, 0.1) is 29.1 Å². The predicted molar refractivity (Wildman–Crippen MR) is 104 cm³/mol. The molecule has 0 saturated carbocycles. The van der Waals surface area contributed by atoms with Crippen LogP contribution in [0, 0.1) is 18.6 Å². The monoisotopic (exact) mass is 389 g/mol. The largest absolute Gasteiger partial charge is 0.424 e. The number of rotatable bonds is 3. The number of hydrogen-bond acceptors (Lipinski definition) is 5. The molecular formula is C21H13F2N5O. The number of aryl methyl sites for hydroxylation is 1. The number of H-pyrrole nitrogens is 1. The van der Waals surface area contributed by atoms with Crippen LogP contribution in [0.3, 0.4) is 0 Å². The van der Waals surface area contributed by atoms with Crippen molar-refractivity contribution in [1.29, 1.82) is 0 Å². The first kappa shape index (κ1) is 17.2. The molecule has 0 bridgehead atoms. The maximum Gasteiger partial charge on any atom is 0.322 e. The summed E-state index contributed by atoms with van der Waals surface area (Å²) in [6.45, 7) is 1.80. The number of aromatic amines is 1. The number of aromatic nitrogens is 5. The summed E-state index contributed by atoms with van der Waals surface area (Å²) in [6.07, 6.45) is 4.68. The average Bonchev–Trinajstić information content (AvgIpc) is 3.17. The summed E-state index contributed by atoms with van der Waals surface area (Å²) in [5.41, 5.74) is 2.76. The van der Waals surface area contributed by atoms with Gasteiger partial charge in [-0.15, -0.1) is 0 Å². The van der Waals surface area contributed by atoms with Crippen LogP contribution in [-0.4, -0.2) is 24.9 Å². The molecule has 0 fully saturated rings. The van der Waals surface area contributed by atoms with Crippen molar-refractivity contribution in [2.45, 2.75) is 6.92 Å². The van der Waals surface area contributed by atoms with E-state index < -0.39 is 11.6 Å². The molecule has 0 radical (unpaired) electrons. The minimum atomic E-state index is -0.629. The second kappa shape index (κ2) is 6.59. The number of imidazole rings is 1. The lowest BCUT2D eigenvalue weighted by molar-refractivity contribution is 0.436. The Morgan fingerprint density at radius 1 is 0.931 bits per heavy atom. The lowest BCUT2D eigenvalue weighted by atomic mass is 10.0. The van der Waals surface area contributed by atoms with Gasteiger partial charge < -0.3 is 9.72 Å². The summed E-state index contributed by atoms with van der Waals surface area (Å²) < 4.78 is 35.0. The number of nitrogens with one attached hydrogen (secondary N) is 1. The van der Waals surface area contributed by atoms with Crippen molar-refractivity contribution in [2.24, 2.45) is 0 Å². The third-order valence-corrected chi connectivity index (χ3v) is 4.55. The molecule has 8 heteroatoms. The highest BCUT2D eigenvalue weighted by atomic mass is 19.1. The van der Waals surface area contributed by atoms with Crippen molar-refractivity contribution in [3.8, 4) is 22.9 Å². The average molecular weight is 389 g/mol. The molecule has 3 heterocycles. The van der Waals surface area contributed by atoms with E-state index >= 15 is 0 Å². The fourth-order valence-corrected chi connectivity index (χ4v) is 3.18. The molecule has 3 aromatic heterocycles. The quantitative estimate of drug-likeness (QED) is 0.473. The van der Waals surface area contributed by atoms with Gasteiger partial charge >= 0.3 is 6.01 Å². The van der Waals surface area contributed by atoms with E-state index in [1.54, 1.807) is 37.5 Å². The van der Waals surface area contributed by atoms with Crippen LogP contribution < -0.4 is 4.74 Å². The molecule has 5 aromatic rings. The Morgan fingerprint density at radius 3 is 2.62 bits per heavy atom. The van der Waals surface area contributed by atoms with Crippen molar-refractivity contribution in [1.82, 2.24) is 24.9 Å². The topological polar surface area (TPSA) is 76.6 Å². The van der Waals surface area contributed by atoms with Crippen molar-refractivity contribution in [3.63, 3.8) is 0 Å². The fraction of sp³-hybridized carbons (Fsp3) is 0.0476. The van der Waals surface area contributed by atoms with Crippen molar-refractivity contribution in [3.05, 3.63) is 72.4 Å². The molecule has 0 aliphatic heterocycles. The maximum absolute atomic E-state index is 14.8. The van der Waals surface area contributed by atoms with Crippen LogP contribution in [0.5, 0.6) is 11.8 Å². The summed E-state index contributed by atoms with van der Waals surface area (Å²) in [5.74, 6) is -0.987. The van der Waals surface area contributed by atoms with E-state index in [0.29, 0.717) is 16.4 Å². The Bertz CT molecular complexity index is 1380. The standard InChI is InChI=1S/C21H13F2N5O/c1-11-4-5-24-21(28-11)29-12-2-3-13(16(22)6-12)14-7-15-18(8-17(14)23)25-9-19-20(15)27-10-26-19/h2-10H,1H3,(H,26,27). The summed E-state index contributed by atoms with van der Waals surface area (Å²) in [6, 6.07) is 8.86. The third-order valence-electron chi connectivity index (χ3n) is 4.55. The SMILES string of the molecule is Cc1ccnc(Oc2ccc(-c3cc4c(cc3F)ncc3[nH]cnc34)c(F)c2)n1. The smallest absolute Gasteiger partial charge is 0.322 e. The fourth-order valence-electron chi connectivity index (χ4n) is 3.18. The second-order valence-electron chi connectivity index (χ2n) is 6.50. The summed E-state index contributed by atoms with van der Waals surface area (Å²) >= 11 is 0. The molecular weight excluding hydrogens is 376 g/mol. The van der Waals surface area contributed by atoms with Gasteiger partial charge in [-0.2, -0.15) is 0 Å². The number of hydrogen-bond donors (Lipinski definition) is 1. The highest BCUT2D eigenvalue weighted by Crippen LogP contribution is 2.33. The van der Waals surface area contributed by atoms with Gasteiger partial charge in [0.25, 0.3) is 0 Å². The lowest BCUT2D eigenvalue weighted by Gasteiger charge is -2.10. The van der Waals surface area contributed by atoms with Crippen LogP contribution in [0.2, 0.25) is 0 Å². The van der Waals surface area contributed by atoms with Crippen molar-refractivity contribution < 1.29 is 13.5 Å². The molecule has 0 unspecified atom stereocenters. The van der Waals surface area contributed by atoms with Gasteiger partial charge in [-0.05, 0) is 31.2 Å². The van der Waals surface area contributed by atoms with E-state index in [4.69, 9.17) is 4.74 Å². The molecule has 6 nitrogen and oxygen atoms in total. The van der Waals surface area contributed by atoms with E-state index in [2.05, 4.69) is 24.9 Å². The molecule has 0 saturated heterocycles. The number of nitrogens with zero attached hydrogens (tertiary/aromatic N) is 4. The van der Waals surface area contributed by atoms with Crippen LogP contribution in [0.4, 0.5) is 8.78 Å². The minimum absolute atomic E-state index is 0.106. The van der Waals surface area contributed by atoms with E-state index in [0.717, 1.165) is 11.2 Å². The van der Waals surface area contributed by atoms with Gasteiger partial charge in [-0.25, -0.2) is 23.7 Å². The Kier molecular flexibility index (Phi) is 3.90. The molecule has 142 valence electrons. The Balaban J connectivity index is 1.58. The van der Waals surface area contributed by atoms with Crippen LogP contribution in [0.25, 0.3) is 33.1 Å². The highest BCUT2D eigenvalue weighted by Gasteiger charge is 2.15. The maximum atomic E-state index is 14.8. The predicted octanol–water partition coefficient (Wildman–Crippen LogP) is 4.95. The van der Waals surface area contributed by atoms with E-state index in [-0.39, 0.29) is 22.9 Å². The molecule has 0 spiro atoms. The molecule has 0 atom stereocenters. The Morgan fingerprint density at radius 2 is 1.79 bits per heavy atom. The summed E-state index contributed by atoms with van der Waals surface area (Å²) in [7, 11) is 0. The number of pyridine rings is 1. The molecule has 0 aliphatic carbocycles. The first-order valence-corrected chi connectivity index (χ1v) is 8.77. The van der Waals surface area contributed by atoms with Gasteiger partial charge in [-0.1, -0.05) is 0 Å². The van der Waals surface area contributed by atoms with Crippen LogP contribution in [0.15, 0.2) is 55.1 Å². The van der Waals surface area contributed by atoms with Gasteiger partial charge in [0.15, 0.2) is 0 Å². The Labute approximate surface area is 163 Å². The summed E-state index contributed by atoms with van der Waals surface area (Å²) in [5, 5.41) is 0.632.